The number of aromatic nitrogens is 1. The summed E-state index contributed by atoms with van der Waals surface area (Å²) in [7, 11) is 0. The molecule has 0 radical (unpaired) electrons. The van der Waals surface area contributed by atoms with Crippen LogP contribution in [0.3, 0.4) is 0 Å². The molecule has 6 heteroatoms. The van der Waals surface area contributed by atoms with Crippen molar-refractivity contribution in [1.29, 1.82) is 5.26 Å². The Labute approximate surface area is 113 Å². The molecule has 90 valence electrons. The van der Waals surface area contributed by atoms with E-state index < -0.39 is 5.82 Å². The van der Waals surface area contributed by atoms with Crippen molar-refractivity contribution in [2.75, 3.05) is 5.32 Å². The van der Waals surface area contributed by atoms with E-state index in [4.69, 9.17) is 28.5 Å². The number of nitrogens with zero attached hydrogens (tertiary/aromatic N) is 2. The molecule has 1 N–H and O–H groups in total. The largest absolute Gasteiger partial charge is 0.337 e. The number of pyridine rings is 1. The fourth-order valence-electron chi connectivity index (χ4n) is 1.35. The van der Waals surface area contributed by atoms with Gasteiger partial charge in [-0.25, -0.2) is 9.37 Å². The van der Waals surface area contributed by atoms with Gasteiger partial charge in [-0.15, -0.1) is 0 Å². The molecule has 2 aromatic rings. The molecule has 0 atom stereocenters. The molecule has 0 saturated carbocycles. The Hall–Kier alpha value is -1.83. The second-order valence-corrected chi connectivity index (χ2v) is 4.14. The van der Waals surface area contributed by atoms with E-state index in [1.165, 1.54) is 24.4 Å². The summed E-state index contributed by atoms with van der Waals surface area (Å²) in [5.41, 5.74) is 0.406. The van der Waals surface area contributed by atoms with Crippen LogP contribution in [0.1, 0.15) is 5.56 Å². The van der Waals surface area contributed by atoms with Gasteiger partial charge < -0.3 is 5.32 Å². The first-order valence-corrected chi connectivity index (χ1v) is 5.64. The molecule has 3 nitrogen and oxygen atoms in total. The minimum Gasteiger partial charge on any atom is -0.337 e. The molecule has 1 aromatic carbocycles. The fourth-order valence-corrected chi connectivity index (χ4v) is 1.72. The van der Waals surface area contributed by atoms with Crippen LogP contribution < -0.4 is 5.32 Å². The third-order valence-electron chi connectivity index (χ3n) is 2.21. The number of hydrogen-bond donors (Lipinski definition) is 1. The SMILES string of the molecule is N#Cc1ccnc(Nc2cccc(Cl)c2F)c1Cl. The monoisotopic (exact) mass is 281 g/mol. The standard InChI is InChI=1S/C12H6Cl2FN3/c13-8-2-1-3-9(11(8)15)18-12-10(14)7(6-16)4-5-17-12/h1-5H,(H,17,18). The van der Waals surface area contributed by atoms with Crippen LogP contribution in [0.5, 0.6) is 0 Å². The van der Waals surface area contributed by atoms with E-state index in [-0.39, 0.29) is 27.1 Å². The van der Waals surface area contributed by atoms with Gasteiger partial charge >= 0.3 is 0 Å². The topological polar surface area (TPSA) is 48.7 Å². The maximum absolute atomic E-state index is 13.7. The second kappa shape index (κ2) is 5.21. The highest BCUT2D eigenvalue weighted by atomic mass is 35.5. The minimum absolute atomic E-state index is 0.00689. The Kier molecular flexibility index (Phi) is 3.66. The molecule has 0 fully saturated rings. The number of hydrogen-bond acceptors (Lipinski definition) is 3. The molecule has 0 bridgehead atoms. The maximum Gasteiger partial charge on any atom is 0.165 e. The Morgan fingerprint density at radius 1 is 1.28 bits per heavy atom. The van der Waals surface area contributed by atoms with Gasteiger partial charge in [0, 0.05) is 6.20 Å². The summed E-state index contributed by atoms with van der Waals surface area (Å²) in [4.78, 5) is 3.95. The summed E-state index contributed by atoms with van der Waals surface area (Å²) >= 11 is 11.6. The maximum atomic E-state index is 13.7. The Morgan fingerprint density at radius 3 is 2.78 bits per heavy atom. The predicted octanol–water partition coefficient (Wildman–Crippen LogP) is 4.14. The van der Waals surface area contributed by atoms with Gasteiger partial charge in [-0.1, -0.05) is 29.3 Å². The Balaban J connectivity index is 2.41. The van der Waals surface area contributed by atoms with Gasteiger partial charge in [0.05, 0.1) is 16.3 Å². The number of benzene rings is 1. The van der Waals surface area contributed by atoms with Crippen LogP contribution in [0, 0.1) is 17.1 Å². The van der Waals surface area contributed by atoms with E-state index >= 15 is 0 Å². The lowest BCUT2D eigenvalue weighted by atomic mass is 10.2. The van der Waals surface area contributed by atoms with E-state index in [9.17, 15) is 4.39 Å². The quantitative estimate of drug-likeness (QED) is 0.900. The zero-order valence-corrected chi connectivity index (χ0v) is 10.4. The molecule has 0 aliphatic heterocycles. The lowest BCUT2D eigenvalue weighted by molar-refractivity contribution is 0.632. The van der Waals surface area contributed by atoms with E-state index in [0.717, 1.165) is 0 Å². The van der Waals surface area contributed by atoms with E-state index in [1.807, 2.05) is 6.07 Å². The number of anilines is 2. The van der Waals surface area contributed by atoms with Crippen molar-refractivity contribution in [3.05, 3.63) is 51.9 Å². The van der Waals surface area contributed by atoms with Gasteiger partial charge in [0.15, 0.2) is 11.6 Å². The first-order valence-electron chi connectivity index (χ1n) is 4.89. The number of nitrogens with one attached hydrogen (secondary N) is 1. The van der Waals surface area contributed by atoms with Gasteiger partial charge in [-0.2, -0.15) is 5.26 Å². The van der Waals surface area contributed by atoms with Gasteiger partial charge in [0.25, 0.3) is 0 Å². The molecule has 1 heterocycles. The first kappa shape index (κ1) is 12.6. The highest BCUT2D eigenvalue weighted by Gasteiger charge is 2.11. The van der Waals surface area contributed by atoms with Crippen molar-refractivity contribution in [3.63, 3.8) is 0 Å². The number of halogens is 3. The van der Waals surface area contributed by atoms with Gasteiger partial charge in [-0.05, 0) is 18.2 Å². The van der Waals surface area contributed by atoms with Crippen molar-refractivity contribution >= 4 is 34.7 Å². The molecule has 0 saturated heterocycles. The Bertz CT molecular complexity index is 638. The lowest BCUT2D eigenvalue weighted by Crippen LogP contribution is -1.98. The van der Waals surface area contributed by atoms with Crippen LogP contribution in [0.25, 0.3) is 0 Å². The zero-order valence-electron chi connectivity index (χ0n) is 8.92. The van der Waals surface area contributed by atoms with Gasteiger partial charge in [0.2, 0.25) is 0 Å². The highest BCUT2D eigenvalue weighted by Crippen LogP contribution is 2.29. The molecule has 2 rings (SSSR count). The molecule has 0 unspecified atom stereocenters. The highest BCUT2D eigenvalue weighted by molar-refractivity contribution is 6.34. The summed E-state index contributed by atoms with van der Waals surface area (Å²) < 4.78 is 13.7. The summed E-state index contributed by atoms with van der Waals surface area (Å²) in [6.07, 6.45) is 1.41. The zero-order chi connectivity index (χ0) is 13.1. The normalized spacial score (nSPS) is 9.89. The van der Waals surface area contributed by atoms with Crippen molar-refractivity contribution in [3.8, 4) is 6.07 Å². The van der Waals surface area contributed by atoms with E-state index in [0.29, 0.717) is 0 Å². The van der Waals surface area contributed by atoms with Crippen molar-refractivity contribution < 1.29 is 4.39 Å². The molecule has 0 spiro atoms. The third kappa shape index (κ3) is 2.37. The van der Waals surface area contributed by atoms with Crippen LogP contribution in [0.15, 0.2) is 30.5 Å². The molecular formula is C12H6Cl2FN3. The molecule has 0 aliphatic rings. The van der Waals surface area contributed by atoms with Crippen molar-refractivity contribution in [2.24, 2.45) is 0 Å². The lowest BCUT2D eigenvalue weighted by Gasteiger charge is -2.09. The minimum atomic E-state index is -0.598. The van der Waals surface area contributed by atoms with Crippen LogP contribution in [0.2, 0.25) is 10.0 Å². The summed E-state index contributed by atoms with van der Waals surface area (Å²) in [5, 5.41) is 11.7. The molecule has 0 amide bonds. The van der Waals surface area contributed by atoms with Crippen LogP contribution in [-0.2, 0) is 0 Å². The van der Waals surface area contributed by atoms with Crippen molar-refractivity contribution in [1.82, 2.24) is 4.98 Å². The predicted molar refractivity (Wildman–Crippen MR) is 68.7 cm³/mol. The smallest absolute Gasteiger partial charge is 0.165 e. The van der Waals surface area contributed by atoms with Crippen molar-refractivity contribution in [2.45, 2.75) is 0 Å². The molecular weight excluding hydrogens is 276 g/mol. The summed E-state index contributed by atoms with van der Waals surface area (Å²) in [6.45, 7) is 0. The summed E-state index contributed by atoms with van der Waals surface area (Å²) in [5.74, 6) is -0.392. The average molecular weight is 282 g/mol. The third-order valence-corrected chi connectivity index (χ3v) is 2.89. The fraction of sp³-hybridized carbons (Fsp3) is 0. The second-order valence-electron chi connectivity index (χ2n) is 3.36. The van der Waals surface area contributed by atoms with Crippen LogP contribution >= 0.6 is 23.2 Å². The van der Waals surface area contributed by atoms with Crippen LogP contribution in [-0.4, -0.2) is 4.98 Å². The molecule has 1 aromatic heterocycles. The summed E-state index contributed by atoms with van der Waals surface area (Å²) in [6, 6.07) is 7.91. The van der Waals surface area contributed by atoms with E-state index in [1.54, 1.807) is 6.07 Å². The number of nitriles is 1. The Morgan fingerprint density at radius 2 is 2.06 bits per heavy atom. The van der Waals surface area contributed by atoms with E-state index in [2.05, 4.69) is 10.3 Å². The first-order chi connectivity index (χ1) is 8.63. The average Bonchev–Trinajstić information content (AvgIpc) is 2.37. The van der Waals surface area contributed by atoms with Crippen LogP contribution in [0.4, 0.5) is 15.9 Å². The number of rotatable bonds is 2. The molecule has 0 aliphatic carbocycles. The van der Waals surface area contributed by atoms with Gasteiger partial charge in [0.1, 0.15) is 11.1 Å². The van der Waals surface area contributed by atoms with Gasteiger partial charge in [-0.3, -0.25) is 0 Å². The molecule has 18 heavy (non-hydrogen) atoms.